The lowest BCUT2D eigenvalue weighted by Crippen LogP contribution is -2.37. The first-order valence-electron chi connectivity index (χ1n) is 13.8. The number of nitrogens with one attached hydrogen (secondary N) is 2. The molecule has 44 heavy (non-hydrogen) atoms. The number of hydroxylamine groups is 2. The molecule has 4 aromatic rings. The van der Waals surface area contributed by atoms with E-state index < -0.39 is 11.9 Å². The van der Waals surface area contributed by atoms with Crippen LogP contribution in [0, 0.1) is 0 Å². The number of nitrogens with zero attached hydrogens (tertiary/aromatic N) is 6. The first-order chi connectivity index (χ1) is 21.6. The number of rotatable bonds is 12. The summed E-state index contributed by atoms with van der Waals surface area (Å²) in [5, 5.41) is 9.09. The van der Waals surface area contributed by atoms with Gasteiger partial charge in [0.25, 0.3) is 0 Å². The molecule has 14 heteroatoms. The number of oxazole rings is 2. The van der Waals surface area contributed by atoms with Crippen LogP contribution in [-0.4, -0.2) is 72.8 Å². The van der Waals surface area contributed by atoms with Crippen LogP contribution in [0.15, 0.2) is 104 Å². The maximum atomic E-state index is 13.0. The summed E-state index contributed by atoms with van der Waals surface area (Å²) < 4.78 is 11.0. The van der Waals surface area contributed by atoms with Crippen molar-refractivity contribution in [2.24, 2.45) is 9.98 Å². The van der Waals surface area contributed by atoms with Gasteiger partial charge in [-0.3, -0.25) is 9.98 Å². The third kappa shape index (κ3) is 6.75. The topological polar surface area (TPSA) is 160 Å². The van der Waals surface area contributed by atoms with E-state index in [1.54, 1.807) is 36.4 Å². The Morgan fingerprint density at radius 2 is 1.18 bits per heavy atom. The Kier molecular flexibility index (Phi) is 8.57. The van der Waals surface area contributed by atoms with E-state index >= 15 is 0 Å². The molecule has 2 aliphatic rings. The minimum atomic E-state index is -0.809. The average Bonchev–Trinajstić information content (AvgIpc) is 3.88. The highest BCUT2D eigenvalue weighted by atomic mass is 16.7. The number of amidine groups is 2. The van der Waals surface area contributed by atoms with E-state index in [2.05, 4.69) is 30.6 Å². The second-order valence-electron chi connectivity index (χ2n) is 9.45. The van der Waals surface area contributed by atoms with Gasteiger partial charge in [-0.1, -0.05) is 24.3 Å². The van der Waals surface area contributed by atoms with Crippen LogP contribution in [0.1, 0.15) is 0 Å². The summed E-state index contributed by atoms with van der Waals surface area (Å²) in [4.78, 5) is 54.7. The fraction of sp³-hybridized carbons (Fsp3) is 0.200. The minimum Gasteiger partial charge on any atom is -0.444 e. The molecule has 0 fully saturated rings. The van der Waals surface area contributed by atoms with Gasteiger partial charge in [-0.2, -0.15) is 10.1 Å². The highest BCUT2D eigenvalue weighted by Gasteiger charge is 2.23. The largest absolute Gasteiger partial charge is 0.444 e. The Morgan fingerprint density at radius 3 is 1.57 bits per heavy atom. The van der Waals surface area contributed by atoms with Crippen molar-refractivity contribution >= 4 is 35.0 Å². The predicted octanol–water partition coefficient (Wildman–Crippen LogP) is 2.79. The lowest BCUT2D eigenvalue weighted by molar-refractivity contribution is -0.141. The summed E-state index contributed by atoms with van der Waals surface area (Å²) in [7, 11) is 0. The Bertz CT molecular complexity index is 1560. The summed E-state index contributed by atoms with van der Waals surface area (Å²) in [6, 6.07) is 14.4. The van der Waals surface area contributed by atoms with Crippen LogP contribution in [0.5, 0.6) is 0 Å². The van der Waals surface area contributed by atoms with Crippen LogP contribution in [-0.2, 0) is 19.3 Å². The van der Waals surface area contributed by atoms with Crippen LogP contribution in [0.25, 0.3) is 22.9 Å². The van der Waals surface area contributed by atoms with E-state index in [1.807, 2.05) is 12.1 Å². The van der Waals surface area contributed by atoms with Crippen molar-refractivity contribution in [3.8, 4) is 22.9 Å². The summed E-state index contributed by atoms with van der Waals surface area (Å²) in [5.74, 6) is 0.383. The van der Waals surface area contributed by atoms with Crippen LogP contribution in [0.2, 0.25) is 0 Å². The molecule has 0 bridgehead atoms. The number of hydrogen-bond donors (Lipinski definition) is 2. The molecule has 0 unspecified atom stereocenters. The van der Waals surface area contributed by atoms with Crippen molar-refractivity contribution in [3.63, 3.8) is 0 Å². The molecule has 0 radical (unpaired) electrons. The standard InChI is InChI=1S/C30H28N8O6/c39-27(43-37(19-25-31-11-12-32-25)23-7-3-1-5-21(23)29-35-15-17-41-29)9-10-28(40)44-38(20-26-33-13-14-34-26)24-8-4-2-6-22(24)30-36-16-18-42-30/h1-10,15-18H,11-14,19-20H2,(H,31,32)(H,33,34)/b10-9+. The van der Waals surface area contributed by atoms with Gasteiger partial charge in [0.15, 0.2) is 0 Å². The second kappa shape index (κ2) is 13.4. The SMILES string of the molecule is O=C(/C=C/C(=O)ON(CC1=NCCN1)c1ccccc1-c1ncco1)ON(CC1=NCCN1)c1ccccc1-c1ncco1. The van der Waals surface area contributed by atoms with Gasteiger partial charge >= 0.3 is 11.9 Å². The number of para-hydroxylation sites is 2. The van der Waals surface area contributed by atoms with Crippen molar-refractivity contribution < 1.29 is 28.1 Å². The average molecular weight is 597 g/mol. The Labute approximate surface area is 251 Å². The van der Waals surface area contributed by atoms with Crippen molar-refractivity contribution in [2.75, 3.05) is 49.4 Å². The highest BCUT2D eigenvalue weighted by molar-refractivity contribution is 5.95. The van der Waals surface area contributed by atoms with E-state index in [0.717, 1.165) is 12.2 Å². The van der Waals surface area contributed by atoms with Crippen molar-refractivity contribution in [1.29, 1.82) is 0 Å². The fourth-order valence-corrected chi connectivity index (χ4v) is 4.58. The van der Waals surface area contributed by atoms with Crippen molar-refractivity contribution in [2.45, 2.75) is 0 Å². The molecule has 2 aromatic heterocycles. The second-order valence-corrected chi connectivity index (χ2v) is 9.45. The Balaban J connectivity index is 1.19. The molecule has 0 spiro atoms. The quantitative estimate of drug-likeness (QED) is 0.182. The van der Waals surface area contributed by atoms with E-state index in [4.69, 9.17) is 18.5 Å². The van der Waals surface area contributed by atoms with Gasteiger partial charge in [0.1, 0.15) is 37.3 Å². The minimum absolute atomic E-state index is 0.141. The van der Waals surface area contributed by atoms with Gasteiger partial charge in [-0.05, 0) is 24.3 Å². The first kappa shape index (κ1) is 28.2. The zero-order chi connectivity index (χ0) is 30.1. The smallest absolute Gasteiger partial charge is 0.356 e. The molecule has 0 aliphatic carbocycles. The molecule has 14 nitrogen and oxygen atoms in total. The van der Waals surface area contributed by atoms with Gasteiger partial charge in [0.2, 0.25) is 11.8 Å². The zero-order valence-corrected chi connectivity index (χ0v) is 23.5. The zero-order valence-electron chi connectivity index (χ0n) is 23.5. The molecule has 2 N–H and O–H groups in total. The van der Waals surface area contributed by atoms with Crippen LogP contribution in [0.3, 0.4) is 0 Å². The highest BCUT2D eigenvalue weighted by Crippen LogP contribution is 2.31. The van der Waals surface area contributed by atoms with Crippen LogP contribution < -0.4 is 20.8 Å². The fourth-order valence-electron chi connectivity index (χ4n) is 4.58. The van der Waals surface area contributed by atoms with Gasteiger partial charge in [-0.15, -0.1) is 0 Å². The molecule has 4 heterocycles. The summed E-state index contributed by atoms with van der Waals surface area (Å²) in [6.07, 6.45) is 7.97. The Morgan fingerprint density at radius 1 is 0.727 bits per heavy atom. The number of anilines is 2. The third-order valence-corrected chi connectivity index (χ3v) is 6.50. The third-order valence-electron chi connectivity index (χ3n) is 6.50. The monoisotopic (exact) mass is 596 g/mol. The molecule has 2 aromatic carbocycles. The maximum Gasteiger partial charge on any atom is 0.356 e. The molecule has 0 saturated heterocycles. The van der Waals surface area contributed by atoms with E-state index in [9.17, 15) is 9.59 Å². The molecule has 0 atom stereocenters. The van der Waals surface area contributed by atoms with Crippen LogP contribution in [0.4, 0.5) is 11.4 Å². The molecule has 0 amide bonds. The number of benzene rings is 2. The lowest BCUT2D eigenvalue weighted by atomic mass is 10.1. The normalized spacial score (nSPS) is 14.0. The van der Waals surface area contributed by atoms with Crippen molar-refractivity contribution in [3.05, 3.63) is 85.6 Å². The van der Waals surface area contributed by atoms with Gasteiger partial charge in [0, 0.05) is 25.2 Å². The number of hydrogen-bond acceptors (Lipinski definition) is 14. The number of carbonyl (C=O) groups is 2. The van der Waals surface area contributed by atoms with Gasteiger partial charge < -0.3 is 29.1 Å². The predicted molar refractivity (Wildman–Crippen MR) is 161 cm³/mol. The van der Waals surface area contributed by atoms with Crippen molar-refractivity contribution in [1.82, 2.24) is 20.6 Å². The maximum absolute atomic E-state index is 13.0. The first-order valence-corrected chi connectivity index (χ1v) is 13.8. The number of aliphatic imine (C=N–C) groups is 2. The number of carbonyl (C=O) groups excluding carboxylic acids is 2. The lowest BCUT2D eigenvalue weighted by Gasteiger charge is -2.24. The van der Waals surface area contributed by atoms with Gasteiger partial charge in [-0.25, -0.2) is 19.6 Å². The molecule has 6 rings (SSSR count). The molecule has 2 aliphatic heterocycles. The summed E-state index contributed by atoms with van der Waals surface area (Å²) in [6.45, 7) is 2.87. The van der Waals surface area contributed by atoms with Gasteiger partial charge in [0.05, 0.1) is 48.0 Å². The van der Waals surface area contributed by atoms with Crippen LogP contribution >= 0.6 is 0 Å². The molecular weight excluding hydrogens is 568 g/mol. The number of aromatic nitrogens is 2. The van der Waals surface area contributed by atoms with E-state index in [0.29, 0.717) is 72.1 Å². The molecule has 224 valence electrons. The van der Waals surface area contributed by atoms with E-state index in [1.165, 1.54) is 35.0 Å². The van der Waals surface area contributed by atoms with E-state index in [-0.39, 0.29) is 13.1 Å². The summed E-state index contributed by atoms with van der Waals surface area (Å²) in [5.41, 5.74) is 2.26. The molecular formula is C30H28N8O6. The summed E-state index contributed by atoms with van der Waals surface area (Å²) >= 11 is 0. The Hall–Kier alpha value is -5.92. The molecule has 0 saturated carbocycles.